The lowest BCUT2D eigenvalue weighted by molar-refractivity contribution is 0.214. The van der Waals surface area contributed by atoms with E-state index >= 15 is 0 Å². The van der Waals surface area contributed by atoms with Crippen LogP contribution in [0.3, 0.4) is 0 Å². The lowest BCUT2D eigenvalue weighted by atomic mass is 10.1. The van der Waals surface area contributed by atoms with Crippen LogP contribution in [0.25, 0.3) is 5.69 Å². The van der Waals surface area contributed by atoms with Gasteiger partial charge in [-0.3, -0.25) is 9.47 Å². The average Bonchev–Trinajstić information content (AvgIpc) is 3.28. The first kappa shape index (κ1) is 18.2. The minimum Gasteiger partial charge on any atom is -0.360 e. The summed E-state index contributed by atoms with van der Waals surface area (Å²) in [4.78, 5) is 2.40. The highest BCUT2D eigenvalue weighted by atomic mass is 32.2. The molecule has 4 rings (SSSR count). The van der Waals surface area contributed by atoms with E-state index in [0.29, 0.717) is 5.75 Å². The number of aromatic nitrogens is 4. The summed E-state index contributed by atoms with van der Waals surface area (Å²) in [5.41, 5.74) is 1.72. The van der Waals surface area contributed by atoms with E-state index in [9.17, 15) is 4.39 Å². The average molecular weight is 387 g/mol. The molecule has 3 aromatic rings. The number of thioether (sulfide) groups is 1. The molecule has 0 saturated carbocycles. The van der Waals surface area contributed by atoms with Crippen molar-refractivity contribution in [2.75, 3.05) is 13.1 Å². The molecule has 0 bridgehead atoms. The summed E-state index contributed by atoms with van der Waals surface area (Å²) in [6, 6.07) is 8.38. The van der Waals surface area contributed by atoms with Crippen molar-refractivity contribution in [2.45, 2.75) is 43.6 Å². The van der Waals surface area contributed by atoms with Gasteiger partial charge in [0.05, 0.1) is 18.0 Å². The zero-order chi connectivity index (χ0) is 18.6. The molecule has 6 nitrogen and oxygen atoms in total. The maximum atomic E-state index is 13.4. The predicted octanol–water partition coefficient (Wildman–Crippen LogP) is 3.98. The highest BCUT2D eigenvalue weighted by Crippen LogP contribution is 2.26. The Morgan fingerprint density at radius 2 is 1.89 bits per heavy atom. The topological polar surface area (TPSA) is 60.0 Å². The van der Waals surface area contributed by atoms with Crippen molar-refractivity contribution in [3.63, 3.8) is 0 Å². The van der Waals surface area contributed by atoms with Gasteiger partial charge >= 0.3 is 0 Å². The molecule has 0 atom stereocenters. The number of hydrogen-bond acceptors (Lipinski definition) is 6. The Bertz CT molecular complexity index is 886. The molecule has 142 valence electrons. The molecule has 1 aliphatic heterocycles. The maximum absolute atomic E-state index is 13.4. The zero-order valence-electron chi connectivity index (χ0n) is 15.3. The molecule has 8 heteroatoms. The third-order valence-corrected chi connectivity index (χ3v) is 5.57. The second-order valence-corrected chi connectivity index (χ2v) is 7.71. The maximum Gasteiger partial charge on any atom is 0.196 e. The Kier molecular flexibility index (Phi) is 5.54. The molecular formula is C19H22FN5OS. The Morgan fingerprint density at radius 1 is 1.11 bits per heavy atom. The number of piperidine rings is 1. The van der Waals surface area contributed by atoms with Crippen molar-refractivity contribution in [1.29, 1.82) is 0 Å². The zero-order valence-corrected chi connectivity index (χ0v) is 16.1. The van der Waals surface area contributed by atoms with Crippen LogP contribution in [0.1, 0.15) is 36.5 Å². The number of halogens is 1. The van der Waals surface area contributed by atoms with E-state index in [4.69, 9.17) is 4.52 Å². The minimum absolute atomic E-state index is 0.254. The SMILES string of the molecule is Cc1cc(CSc2nnc(CN3CCCCC3)n2-c2ccc(F)cc2)on1. The fourth-order valence-electron chi connectivity index (χ4n) is 3.28. The summed E-state index contributed by atoms with van der Waals surface area (Å²) in [6.07, 6.45) is 3.73. The van der Waals surface area contributed by atoms with Gasteiger partial charge in [0.15, 0.2) is 11.0 Å². The van der Waals surface area contributed by atoms with Gasteiger partial charge in [-0.05, 0) is 57.1 Å². The van der Waals surface area contributed by atoms with E-state index in [1.54, 1.807) is 12.1 Å². The molecule has 1 aliphatic rings. The first-order valence-corrected chi connectivity index (χ1v) is 10.2. The molecule has 1 fully saturated rings. The molecule has 27 heavy (non-hydrogen) atoms. The summed E-state index contributed by atoms with van der Waals surface area (Å²) in [6.45, 7) is 4.80. The molecule has 1 aromatic carbocycles. The van der Waals surface area contributed by atoms with Crippen LogP contribution in [0.15, 0.2) is 40.0 Å². The van der Waals surface area contributed by atoms with E-state index in [-0.39, 0.29) is 5.82 Å². The van der Waals surface area contributed by atoms with Crippen molar-refractivity contribution in [2.24, 2.45) is 0 Å². The summed E-state index contributed by atoms with van der Waals surface area (Å²) < 4.78 is 20.7. The summed E-state index contributed by atoms with van der Waals surface area (Å²) in [5, 5.41) is 13.5. The molecule has 0 N–H and O–H groups in total. The third kappa shape index (κ3) is 4.39. The molecule has 3 heterocycles. The van der Waals surface area contributed by atoms with Crippen LogP contribution in [0, 0.1) is 12.7 Å². The lowest BCUT2D eigenvalue weighted by Crippen LogP contribution is -2.30. The van der Waals surface area contributed by atoms with Crippen LogP contribution in [0.4, 0.5) is 4.39 Å². The number of rotatable bonds is 6. The van der Waals surface area contributed by atoms with Gasteiger partial charge in [0, 0.05) is 11.8 Å². The fourth-order valence-corrected chi connectivity index (χ4v) is 4.13. The van der Waals surface area contributed by atoms with E-state index < -0.39 is 0 Å². The quantitative estimate of drug-likeness (QED) is 0.596. The fraction of sp³-hybridized carbons (Fsp3) is 0.421. The second kappa shape index (κ2) is 8.22. The van der Waals surface area contributed by atoms with Gasteiger partial charge in [0.1, 0.15) is 11.6 Å². The van der Waals surface area contributed by atoms with Crippen LogP contribution in [-0.4, -0.2) is 37.9 Å². The van der Waals surface area contributed by atoms with Crippen molar-refractivity contribution >= 4 is 11.8 Å². The minimum atomic E-state index is -0.254. The van der Waals surface area contributed by atoms with Crippen molar-refractivity contribution < 1.29 is 8.91 Å². The van der Waals surface area contributed by atoms with E-state index in [0.717, 1.165) is 47.8 Å². The number of aryl methyl sites for hydroxylation is 1. The third-order valence-electron chi connectivity index (χ3n) is 4.62. The molecule has 0 aliphatic carbocycles. The highest BCUT2D eigenvalue weighted by Gasteiger charge is 2.19. The van der Waals surface area contributed by atoms with Crippen LogP contribution in [0.5, 0.6) is 0 Å². The van der Waals surface area contributed by atoms with E-state index in [1.807, 2.05) is 17.6 Å². The summed E-state index contributed by atoms with van der Waals surface area (Å²) in [5.74, 6) is 2.03. The number of hydrogen-bond donors (Lipinski definition) is 0. The number of benzene rings is 1. The van der Waals surface area contributed by atoms with E-state index in [2.05, 4.69) is 20.3 Å². The van der Waals surface area contributed by atoms with Crippen molar-refractivity contribution in [3.05, 3.63) is 53.4 Å². The molecule has 1 saturated heterocycles. The smallest absolute Gasteiger partial charge is 0.196 e. The first-order chi connectivity index (χ1) is 13.2. The van der Waals surface area contributed by atoms with Crippen molar-refractivity contribution in [1.82, 2.24) is 24.8 Å². The van der Waals surface area contributed by atoms with Crippen LogP contribution < -0.4 is 0 Å². The molecule has 0 radical (unpaired) electrons. The van der Waals surface area contributed by atoms with Gasteiger partial charge in [-0.2, -0.15) is 0 Å². The second-order valence-electron chi connectivity index (χ2n) is 6.77. The Hall–Kier alpha value is -2.19. The van der Waals surface area contributed by atoms with Gasteiger partial charge in [0.25, 0.3) is 0 Å². The summed E-state index contributed by atoms with van der Waals surface area (Å²) >= 11 is 1.54. The largest absolute Gasteiger partial charge is 0.360 e. The predicted molar refractivity (Wildman–Crippen MR) is 101 cm³/mol. The molecule has 2 aromatic heterocycles. The first-order valence-electron chi connectivity index (χ1n) is 9.16. The highest BCUT2D eigenvalue weighted by molar-refractivity contribution is 7.98. The van der Waals surface area contributed by atoms with Gasteiger partial charge in [-0.1, -0.05) is 23.3 Å². The normalized spacial score (nSPS) is 15.3. The van der Waals surface area contributed by atoms with Gasteiger partial charge < -0.3 is 4.52 Å². The summed E-state index contributed by atoms with van der Waals surface area (Å²) in [7, 11) is 0. The van der Waals surface area contributed by atoms with Crippen LogP contribution >= 0.6 is 11.8 Å². The van der Waals surface area contributed by atoms with E-state index in [1.165, 1.54) is 43.2 Å². The van der Waals surface area contributed by atoms with Gasteiger partial charge in [-0.15, -0.1) is 10.2 Å². The molecular weight excluding hydrogens is 365 g/mol. The van der Waals surface area contributed by atoms with Crippen LogP contribution in [-0.2, 0) is 12.3 Å². The molecule has 0 unspecified atom stereocenters. The van der Waals surface area contributed by atoms with Gasteiger partial charge in [-0.25, -0.2) is 4.39 Å². The van der Waals surface area contributed by atoms with Crippen molar-refractivity contribution in [3.8, 4) is 5.69 Å². The Balaban J connectivity index is 1.60. The monoisotopic (exact) mass is 387 g/mol. The Morgan fingerprint density at radius 3 is 2.59 bits per heavy atom. The van der Waals surface area contributed by atoms with Crippen LogP contribution in [0.2, 0.25) is 0 Å². The molecule has 0 spiro atoms. The molecule has 0 amide bonds. The Labute approximate surface area is 161 Å². The number of likely N-dealkylation sites (tertiary alicyclic amines) is 1. The van der Waals surface area contributed by atoms with Gasteiger partial charge in [0.2, 0.25) is 0 Å². The lowest BCUT2D eigenvalue weighted by Gasteiger charge is -2.26. The standard InChI is InChI=1S/C19H22FN5OS/c1-14-11-17(26-23-14)13-27-19-22-21-18(12-24-9-3-2-4-10-24)25(19)16-7-5-15(20)6-8-16/h5-8,11H,2-4,9-10,12-13H2,1H3. The number of nitrogens with zero attached hydrogens (tertiary/aromatic N) is 5.